The van der Waals surface area contributed by atoms with Crippen LogP contribution < -0.4 is 20.3 Å². The van der Waals surface area contributed by atoms with Crippen LogP contribution in [-0.2, 0) is 0 Å². The fourth-order valence-corrected chi connectivity index (χ4v) is 4.13. The minimum absolute atomic E-state index is 0.386. The monoisotopic (exact) mass is 384 g/mol. The van der Waals surface area contributed by atoms with E-state index < -0.39 is 0 Å². The summed E-state index contributed by atoms with van der Waals surface area (Å²) < 4.78 is 5.31. The molecule has 0 bridgehead atoms. The lowest BCUT2D eigenvalue weighted by Gasteiger charge is -2.26. The first kappa shape index (κ1) is 19.6. The van der Waals surface area contributed by atoms with Crippen molar-refractivity contribution in [1.29, 1.82) is 0 Å². The molecule has 3 rings (SSSR count). The van der Waals surface area contributed by atoms with E-state index in [1.807, 2.05) is 12.1 Å². The van der Waals surface area contributed by atoms with Gasteiger partial charge in [0.05, 0.1) is 26.7 Å². The standard InChI is InChI=1S/C22H29N3OS/c1-16-12-17(2)14-19(13-16)24-22(27)23-15-21(25-10-4-5-11-25)18-6-8-20(26-3)9-7-18/h6-9,12-14,21H,4-5,10-11,15H2,1-3H3,(H2,23,24,27)/p+1/t21-/m1/s1. The number of methoxy groups -OCH3 is 1. The topological polar surface area (TPSA) is 37.7 Å². The van der Waals surface area contributed by atoms with Crippen LogP contribution in [0.3, 0.4) is 0 Å². The maximum Gasteiger partial charge on any atom is 0.171 e. The van der Waals surface area contributed by atoms with E-state index in [9.17, 15) is 0 Å². The molecule has 1 atom stereocenters. The smallest absolute Gasteiger partial charge is 0.171 e. The van der Waals surface area contributed by atoms with E-state index >= 15 is 0 Å². The van der Waals surface area contributed by atoms with Crippen molar-refractivity contribution in [2.75, 3.05) is 32.1 Å². The molecule has 1 aliphatic rings. The highest BCUT2D eigenvalue weighted by molar-refractivity contribution is 7.80. The van der Waals surface area contributed by atoms with Crippen molar-refractivity contribution in [3.63, 3.8) is 0 Å². The Kier molecular flexibility index (Phi) is 6.69. The van der Waals surface area contributed by atoms with Crippen molar-refractivity contribution >= 4 is 23.0 Å². The molecule has 0 amide bonds. The molecule has 1 fully saturated rings. The Morgan fingerprint density at radius 2 is 1.70 bits per heavy atom. The second-order valence-electron chi connectivity index (χ2n) is 7.40. The second kappa shape index (κ2) is 9.20. The molecule has 144 valence electrons. The lowest BCUT2D eigenvalue weighted by atomic mass is 10.1. The molecule has 5 heteroatoms. The van der Waals surface area contributed by atoms with Crippen LogP contribution in [0, 0.1) is 13.8 Å². The molecule has 0 saturated carbocycles. The molecule has 1 aliphatic heterocycles. The van der Waals surface area contributed by atoms with E-state index in [4.69, 9.17) is 17.0 Å². The lowest BCUT2D eigenvalue weighted by molar-refractivity contribution is -0.918. The van der Waals surface area contributed by atoms with Gasteiger partial charge in [-0.25, -0.2) is 0 Å². The molecule has 27 heavy (non-hydrogen) atoms. The van der Waals surface area contributed by atoms with Crippen LogP contribution in [-0.4, -0.2) is 31.9 Å². The second-order valence-corrected chi connectivity index (χ2v) is 7.81. The molecule has 4 nitrogen and oxygen atoms in total. The summed E-state index contributed by atoms with van der Waals surface area (Å²) in [5.74, 6) is 0.897. The Morgan fingerprint density at radius 1 is 1.07 bits per heavy atom. The summed E-state index contributed by atoms with van der Waals surface area (Å²) in [5, 5.41) is 7.45. The van der Waals surface area contributed by atoms with Crippen LogP contribution in [0.25, 0.3) is 0 Å². The van der Waals surface area contributed by atoms with E-state index in [0.717, 1.165) is 18.0 Å². The normalized spacial score (nSPS) is 15.4. The molecule has 1 heterocycles. The van der Waals surface area contributed by atoms with Crippen molar-refractivity contribution in [3.05, 3.63) is 59.2 Å². The zero-order chi connectivity index (χ0) is 19.2. The van der Waals surface area contributed by atoms with Gasteiger partial charge in [0, 0.05) is 24.1 Å². The molecule has 2 aromatic rings. The zero-order valence-corrected chi connectivity index (χ0v) is 17.3. The first-order valence-corrected chi connectivity index (χ1v) is 10.1. The quantitative estimate of drug-likeness (QED) is 0.670. The third-order valence-corrected chi connectivity index (χ3v) is 5.45. The van der Waals surface area contributed by atoms with Crippen molar-refractivity contribution in [1.82, 2.24) is 5.32 Å². The molecule has 2 aromatic carbocycles. The van der Waals surface area contributed by atoms with Gasteiger partial charge < -0.3 is 20.3 Å². The van der Waals surface area contributed by atoms with Crippen molar-refractivity contribution in [2.24, 2.45) is 0 Å². The first-order valence-electron chi connectivity index (χ1n) is 9.67. The summed E-state index contributed by atoms with van der Waals surface area (Å²) in [6.07, 6.45) is 2.60. The lowest BCUT2D eigenvalue weighted by Crippen LogP contribution is -3.11. The zero-order valence-electron chi connectivity index (χ0n) is 16.5. The van der Waals surface area contributed by atoms with Crippen molar-refractivity contribution in [3.8, 4) is 5.75 Å². The van der Waals surface area contributed by atoms with Crippen LogP contribution in [0.2, 0.25) is 0 Å². The number of thiocarbonyl (C=S) groups is 1. The highest BCUT2D eigenvalue weighted by Gasteiger charge is 2.27. The predicted molar refractivity (Wildman–Crippen MR) is 116 cm³/mol. The Labute approximate surface area is 167 Å². The van der Waals surface area contributed by atoms with Crippen LogP contribution in [0.5, 0.6) is 5.75 Å². The van der Waals surface area contributed by atoms with Crippen LogP contribution in [0.4, 0.5) is 5.69 Å². The third kappa shape index (κ3) is 5.44. The Balaban J connectivity index is 1.65. The number of likely N-dealkylation sites (tertiary alicyclic amines) is 1. The number of nitrogens with one attached hydrogen (secondary N) is 3. The van der Waals surface area contributed by atoms with Gasteiger partial charge in [-0.15, -0.1) is 0 Å². The molecule has 0 spiro atoms. The molecule has 3 N–H and O–H groups in total. The number of aryl methyl sites for hydroxylation is 2. The van der Waals surface area contributed by atoms with Gasteiger partial charge in [-0.1, -0.05) is 6.07 Å². The van der Waals surface area contributed by atoms with Gasteiger partial charge in [0.2, 0.25) is 0 Å². The molecular weight excluding hydrogens is 354 g/mol. The van der Waals surface area contributed by atoms with E-state index in [1.165, 1.54) is 42.6 Å². The molecule has 0 aromatic heterocycles. The Morgan fingerprint density at radius 3 is 2.30 bits per heavy atom. The SMILES string of the molecule is COc1ccc([C@@H](CNC(=S)Nc2cc(C)cc(C)c2)[NH+]2CCCC2)cc1. The highest BCUT2D eigenvalue weighted by Crippen LogP contribution is 2.17. The molecule has 0 aliphatic carbocycles. The average Bonchev–Trinajstić information content (AvgIpc) is 3.16. The number of benzene rings is 2. The van der Waals surface area contributed by atoms with Gasteiger partial charge in [0.1, 0.15) is 11.8 Å². The van der Waals surface area contributed by atoms with Crippen molar-refractivity contribution < 1.29 is 9.64 Å². The number of hydrogen-bond acceptors (Lipinski definition) is 2. The number of quaternary nitrogens is 1. The first-order chi connectivity index (χ1) is 13.0. The molecule has 0 radical (unpaired) electrons. The fourth-order valence-electron chi connectivity index (χ4n) is 3.93. The summed E-state index contributed by atoms with van der Waals surface area (Å²) >= 11 is 5.55. The number of anilines is 1. The van der Waals surface area contributed by atoms with Gasteiger partial charge >= 0.3 is 0 Å². The van der Waals surface area contributed by atoms with E-state index in [0.29, 0.717) is 11.2 Å². The third-order valence-electron chi connectivity index (χ3n) is 5.20. The Bertz CT molecular complexity index is 749. The number of rotatable bonds is 6. The van der Waals surface area contributed by atoms with Gasteiger partial charge in [-0.05, 0) is 73.6 Å². The van der Waals surface area contributed by atoms with Crippen LogP contribution in [0.1, 0.15) is 35.6 Å². The van der Waals surface area contributed by atoms with Crippen LogP contribution >= 0.6 is 12.2 Å². The summed E-state index contributed by atoms with van der Waals surface area (Å²) in [4.78, 5) is 1.63. The molecule has 1 saturated heterocycles. The summed E-state index contributed by atoms with van der Waals surface area (Å²) in [7, 11) is 1.71. The van der Waals surface area contributed by atoms with Crippen molar-refractivity contribution in [2.45, 2.75) is 32.7 Å². The van der Waals surface area contributed by atoms with E-state index in [2.05, 4.69) is 54.8 Å². The van der Waals surface area contributed by atoms with E-state index in [-0.39, 0.29) is 0 Å². The summed E-state index contributed by atoms with van der Waals surface area (Å²) in [6, 6.07) is 15.2. The van der Waals surface area contributed by atoms with E-state index in [1.54, 1.807) is 12.0 Å². The van der Waals surface area contributed by atoms with Gasteiger partial charge in [0.25, 0.3) is 0 Å². The summed E-state index contributed by atoms with van der Waals surface area (Å²) in [5.41, 5.74) is 4.84. The largest absolute Gasteiger partial charge is 0.497 e. The minimum atomic E-state index is 0.386. The Hall–Kier alpha value is -2.11. The van der Waals surface area contributed by atoms with Gasteiger partial charge in [-0.3, -0.25) is 0 Å². The molecule has 0 unspecified atom stereocenters. The maximum absolute atomic E-state index is 5.55. The average molecular weight is 385 g/mol. The minimum Gasteiger partial charge on any atom is -0.497 e. The van der Waals surface area contributed by atoms with Gasteiger partial charge in [0.15, 0.2) is 5.11 Å². The molecular formula is C22H30N3OS+. The highest BCUT2D eigenvalue weighted by atomic mass is 32.1. The van der Waals surface area contributed by atoms with Gasteiger partial charge in [-0.2, -0.15) is 0 Å². The maximum atomic E-state index is 5.55. The number of ether oxygens (including phenoxy) is 1. The number of hydrogen-bond donors (Lipinski definition) is 3. The predicted octanol–water partition coefficient (Wildman–Crippen LogP) is 3.02. The van der Waals surface area contributed by atoms with Crippen LogP contribution in [0.15, 0.2) is 42.5 Å². The summed E-state index contributed by atoms with van der Waals surface area (Å²) in [6.45, 7) is 7.46. The fraction of sp³-hybridized carbons (Fsp3) is 0.409.